The van der Waals surface area contributed by atoms with E-state index >= 15 is 0 Å². The summed E-state index contributed by atoms with van der Waals surface area (Å²) < 4.78 is 2.27. The predicted molar refractivity (Wildman–Crippen MR) is 90.5 cm³/mol. The van der Waals surface area contributed by atoms with Crippen LogP contribution in [0, 0.1) is 6.92 Å². The molecule has 0 spiro atoms. The zero-order valence-electron chi connectivity index (χ0n) is 12.0. The molecule has 0 aromatic carbocycles. The van der Waals surface area contributed by atoms with Crippen LogP contribution in [-0.4, -0.2) is 20.3 Å². The van der Waals surface area contributed by atoms with E-state index in [-0.39, 0.29) is 0 Å². The third kappa shape index (κ3) is 2.38. The van der Waals surface area contributed by atoms with Gasteiger partial charge in [-0.1, -0.05) is 6.42 Å². The molecule has 1 fully saturated rings. The highest BCUT2D eigenvalue weighted by atomic mass is 32.2. The smallest absolute Gasteiger partial charge is 0.165 e. The Morgan fingerprint density at radius 1 is 1.24 bits per heavy atom. The molecule has 21 heavy (non-hydrogen) atoms. The van der Waals surface area contributed by atoms with Gasteiger partial charge in [-0.25, -0.2) is 9.97 Å². The van der Waals surface area contributed by atoms with Gasteiger partial charge in [-0.3, -0.25) is 4.57 Å². The molecule has 3 nitrogen and oxygen atoms in total. The van der Waals surface area contributed by atoms with Crippen molar-refractivity contribution in [3.05, 3.63) is 41.2 Å². The summed E-state index contributed by atoms with van der Waals surface area (Å²) in [5, 5.41) is 1.73. The maximum Gasteiger partial charge on any atom is 0.165 e. The molecule has 3 aromatic rings. The molecule has 1 aliphatic heterocycles. The van der Waals surface area contributed by atoms with Crippen molar-refractivity contribution in [2.45, 2.75) is 31.4 Å². The highest BCUT2D eigenvalue weighted by Gasteiger charge is 2.24. The third-order valence-electron chi connectivity index (χ3n) is 3.86. The van der Waals surface area contributed by atoms with Gasteiger partial charge < -0.3 is 0 Å². The first kappa shape index (κ1) is 13.3. The minimum Gasteiger partial charge on any atom is -0.270 e. The Kier molecular flexibility index (Phi) is 3.47. The average molecular weight is 315 g/mol. The number of nitrogens with zero attached hydrogens (tertiary/aromatic N) is 3. The maximum atomic E-state index is 4.91. The lowest BCUT2D eigenvalue weighted by atomic mass is 10.2. The number of rotatable bonds is 2. The van der Waals surface area contributed by atoms with Crippen LogP contribution in [0.25, 0.3) is 16.2 Å². The van der Waals surface area contributed by atoms with E-state index in [1.54, 1.807) is 0 Å². The van der Waals surface area contributed by atoms with Crippen LogP contribution < -0.4 is 0 Å². The second-order valence-corrected chi connectivity index (χ2v) is 7.97. The summed E-state index contributed by atoms with van der Waals surface area (Å²) in [6, 6.07) is 8.40. The summed E-state index contributed by atoms with van der Waals surface area (Å²) in [5.74, 6) is 2.42. The second-order valence-electron chi connectivity index (χ2n) is 5.39. The predicted octanol–water partition coefficient (Wildman–Crippen LogP) is 4.75. The van der Waals surface area contributed by atoms with Gasteiger partial charge in [-0.2, -0.15) is 11.8 Å². The van der Waals surface area contributed by atoms with E-state index in [0.29, 0.717) is 5.25 Å². The summed E-state index contributed by atoms with van der Waals surface area (Å²) in [4.78, 5) is 10.8. The normalized spacial score (nSPS) is 19.2. The van der Waals surface area contributed by atoms with E-state index in [1.807, 2.05) is 35.4 Å². The Balaban J connectivity index is 1.92. The minimum atomic E-state index is 0.496. The Bertz CT molecular complexity index is 769. The van der Waals surface area contributed by atoms with E-state index in [0.717, 1.165) is 11.2 Å². The van der Waals surface area contributed by atoms with Crippen molar-refractivity contribution >= 4 is 34.3 Å². The average Bonchev–Trinajstić information content (AvgIpc) is 3.11. The molecule has 5 heteroatoms. The fraction of sp³-hybridized carbons (Fsp3) is 0.375. The van der Waals surface area contributed by atoms with Gasteiger partial charge in [-0.05, 0) is 49.8 Å². The first-order chi connectivity index (χ1) is 10.3. The molecule has 0 aliphatic carbocycles. The van der Waals surface area contributed by atoms with Crippen LogP contribution in [0.1, 0.15) is 35.2 Å². The number of pyridine rings is 1. The van der Waals surface area contributed by atoms with E-state index in [9.17, 15) is 0 Å². The highest BCUT2D eigenvalue weighted by Crippen LogP contribution is 2.40. The zero-order valence-corrected chi connectivity index (χ0v) is 13.6. The molecule has 0 amide bonds. The van der Waals surface area contributed by atoms with E-state index in [2.05, 4.69) is 34.7 Å². The monoisotopic (exact) mass is 315 g/mol. The number of aryl methyl sites for hydroxylation is 1. The molecule has 4 heterocycles. The number of imidazole rings is 1. The standard InChI is InChI=1S/C16H17N3S2/c1-11-7-8-14(21-11)19-15-12(5-4-9-17-15)18-16(19)13-6-2-3-10-20-13/h4-5,7-9,13H,2-3,6,10H2,1H3. The van der Waals surface area contributed by atoms with E-state index < -0.39 is 0 Å². The molecule has 3 aromatic heterocycles. The Hall–Kier alpha value is -1.33. The molecule has 0 N–H and O–H groups in total. The topological polar surface area (TPSA) is 30.7 Å². The van der Waals surface area contributed by atoms with Crippen LogP contribution in [0.5, 0.6) is 0 Å². The van der Waals surface area contributed by atoms with Crippen LogP contribution in [0.3, 0.4) is 0 Å². The summed E-state index contributed by atoms with van der Waals surface area (Å²) in [6.45, 7) is 2.15. The number of thiophene rings is 1. The largest absolute Gasteiger partial charge is 0.270 e. The Morgan fingerprint density at radius 2 is 2.19 bits per heavy atom. The summed E-state index contributed by atoms with van der Waals surface area (Å²) >= 11 is 3.85. The van der Waals surface area contributed by atoms with E-state index in [4.69, 9.17) is 4.98 Å². The van der Waals surface area contributed by atoms with Crippen molar-refractivity contribution in [3.63, 3.8) is 0 Å². The maximum absolute atomic E-state index is 4.91. The van der Waals surface area contributed by atoms with Crippen molar-refractivity contribution in [1.82, 2.24) is 14.5 Å². The van der Waals surface area contributed by atoms with Crippen LogP contribution in [0.2, 0.25) is 0 Å². The van der Waals surface area contributed by atoms with Gasteiger partial charge in [0.1, 0.15) is 16.3 Å². The summed E-state index contributed by atoms with van der Waals surface area (Å²) in [5.41, 5.74) is 1.99. The molecule has 1 saturated heterocycles. The van der Waals surface area contributed by atoms with E-state index in [1.165, 1.54) is 40.7 Å². The lowest BCUT2D eigenvalue weighted by Gasteiger charge is -2.21. The third-order valence-corrected chi connectivity index (χ3v) is 6.22. The number of hydrogen-bond acceptors (Lipinski definition) is 4. The molecule has 1 aliphatic rings. The van der Waals surface area contributed by atoms with Crippen LogP contribution in [0.4, 0.5) is 0 Å². The Morgan fingerprint density at radius 3 is 2.95 bits per heavy atom. The van der Waals surface area contributed by atoms with Crippen LogP contribution in [0.15, 0.2) is 30.5 Å². The summed E-state index contributed by atoms with van der Waals surface area (Å²) in [7, 11) is 0. The van der Waals surface area contributed by atoms with Gasteiger partial charge in [0.2, 0.25) is 0 Å². The lowest BCUT2D eigenvalue weighted by molar-refractivity contribution is 0.658. The van der Waals surface area contributed by atoms with Crippen molar-refractivity contribution < 1.29 is 0 Å². The lowest BCUT2D eigenvalue weighted by Crippen LogP contribution is -2.08. The first-order valence-corrected chi connectivity index (χ1v) is 9.21. The molecule has 0 bridgehead atoms. The Labute approximate surface area is 132 Å². The molecule has 108 valence electrons. The molecular formula is C16H17N3S2. The van der Waals surface area contributed by atoms with Crippen LogP contribution >= 0.6 is 23.1 Å². The minimum absolute atomic E-state index is 0.496. The number of aromatic nitrogens is 3. The van der Waals surface area contributed by atoms with Crippen molar-refractivity contribution in [1.29, 1.82) is 0 Å². The van der Waals surface area contributed by atoms with Gasteiger partial charge >= 0.3 is 0 Å². The summed E-state index contributed by atoms with van der Waals surface area (Å²) in [6.07, 6.45) is 5.71. The molecule has 4 rings (SSSR count). The van der Waals surface area contributed by atoms with Gasteiger partial charge in [0.25, 0.3) is 0 Å². The van der Waals surface area contributed by atoms with Gasteiger partial charge in [-0.15, -0.1) is 11.3 Å². The fourth-order valence-electron chi connectivity index (χ4n) is 2.85. The molecule has 1 unspecified atom stereocenters. The van der Waals surface area contributed by atoms with Crippen molar-refractivity contribution in [2.75, 3.05) is 5.75 Å². The SMILES string of the molecule is Cc1ccc(-n2c(C3CCCCS3)nc3cccnc32)s1. The molecule has 0 radical (unpaired) electrons. The van der Waals surface area contributed by atoms with Gasteiger partial charge in [0.15, 0.2) is 5.65 Å². The quantitative estimate of drug-likeness (QED) is 0.684. The molecule has 1 atom stereocenters. The van der Waals surface area contributed by atoms with Gasteiger partial charge in [0.05, 0.1) is 5.25 Å². The first-order valence-electron chi connectivity index (χ1n) is 7.35. The zero-order chi connectivity index (χ0) is 14.2. The molecule has 0 saturated carbocycles. The number of fused-ring (bicyclic) bond motifs is 1. The van der Waals surface area contributed by atoms with Crippen LogP contribution in [-0.2, 0) is 0 Å². The van der Waals surface area contributed by atoms with Crippen molar-refractivity contribution in [2.24, 2.45) is 0 Å². The van der Waals surface area contributed by atoms with Gasteiger partial charge in [0, 0.05) is 11.1 Å². The molecular weight excluding hydrogens is 298 g/mol. The second kappa shape index (κ2) is 5.46. The highest BCUT2D eigenvalue weighted by molar-refractivity contribution is 7.99. The number of thioether (sulfide) groups is 1. The van der Waals surface area contributed by atoms with Crippen molar-refractivity contribution in [3.8, 4) is 5.00 Å². The number of hydrogen-bond donors (Lipinski definition) is 0. The fourth-order valence-corrected chi connectivity index (χ4v) is 5.02.